The van der Waals surface area contributed by atoms with Gasteiger partial charge < -0.3 is 11.1 Å². The normalized spacial score (nSPS) is 12.1. The van der Waals surface area contributed by atoms with Gasteiger partial charge >= 0.3 is 0 Å². The van der Waals surface area contributed by atoms with E-state index in [1.807, 2.05) is 18.2 Å². The average Bonchev–Trinajstić information content (AvgIpc) is 2.82. The van der Waals surface area contributed by atoms with Gasteiger partial charge in [-0.2, -0.15) is 0 Å². The van der Waals surface area contributed by atoms with E-state index in [4.69, 9.17) is 5.73 Å². The van der Waals surface area contributed by atoms with Crippen molar-refractivity contribution in [1.29, 1.82) is 0 Å². The highest BCUT2D eigenvalue weighted by atomic mass is 16.2. The number of anilines is 1. The molecule has 1 heterocycles. The van der Waals surface area contributed by atoms with Gasteiger partial charge in [-0.3, -0.25) is 9.36 Å². The van der Waals surface area contributed by atoms with Crippen molar-refractivity contribution in [2.75, 3.05) is 5.32 Å². The lowest BCUT2D eigenvalue weighted by atomic mass is 10.2. The van der Waals surface area contributed by atoms with E-state index in [0.29, 0.717) is 5.69 Å². The fraction of sp³-hybridized carbons (Fsp3) is 0.182. The zero-order valence-electron chi connectivity index (χ0n) is 9.37. The second kappa shape index (κ2) is 4.75. The summed E-state index contributed by atoms with van der Waals surface area (Å²) in [6.07, 6.45) is 3.18. The summed E-state index contributed by atoms with van der Waals surface area (Å²) in [6, 6.07) is 6.82. The van der Waals surface area contributed by atoms with Crippen LogP contribution in [0.15, 0.2) is 36.9 Å². The van der Waals surface area contributed by atoms with Gasteiger partial charge in [-0.1, -0.05) is 6.07 Å². The van der Waals surface area contributed by atoms with Gasteiger partial charge in [0.25, 0.3) is 0 Å². The van der Waals surface area contributed by atoms with E-state index in [1.165, 1.54) is 0 Å². The van der Waals surface area contributed by atoms with E-state index in [0.717, 1.165) is 5.69 Å². The summed E-state index contributed by atoms with van der Waals surface area (Å²) in [5.41, 5.74) is 7.04. The van der Waals surface area contributed by atoms with Crippen molar-refractivity contribution < 1.29 is 4.79 Å². The molecule has 0 radical (unpaired) electrons. The Hall–Kier alpha value is -2.21. The number of benzene rings is 1. The minimum Gasteiger partial charge on any atom is -0.325 e. The predicted octanol–water partition coefficient (Wildman–Crippen LogP) is 0.553. The van der Waals surface area contributed by atoms with E-state index in [2.05, 4.69) is 15.5 Å². The number of nitrogens with two attached hydrogens (primary N) is 1. The van der Waals surface area contributed by atoms with E-state index in [1.54, 1.807) is 30.2 Å². The number of carbonyl (C=O) groups is 1. The summed E-state index contributed by atoms with van der Waals surface area (Å²) in [4.78, 5) is 11.4. The maximum absolute atomic E-state index is 11.4. The van der Waals surface area contributed by atoms with Crippen LogP contribution < -0.4 is 11.1 Å². The number of amides is 1. The van der Waals surface area contributed by atoms with Crippen molar-refractivity contribution in [2.24, 2.45) is 5.73 Å². The third-order valence-electron chi connectivity index (χ3n) is 2.24. The fourth-order valence-corrected chi connectivity index (χ4v) is 1.33. The highest BCUT2D eigenvalue weighted by Crippen LogP contribution is 2.14. The first-order chi connectivity index (χ1) is 8.16. The van der Waals surface area contributed by atoms with Crippen LogP contribution in [0.5, 0.6) is 0 Å². The summed E-state index contributed by atoms with van der Waals surface area (Å²) in [5.74, 6) is -0.217. The molecule has 0 fully saturated rings. The molecule has 0 aliphatic carbocycles. The quantitative estimate of drug-likeness (QED) is 0.807. The van der Waals surface area contributed by atoms with E-state index in [-0.39, 0.29) is 5.91 Å². The Labute approximate surface area is 98.5 Å². The van der Waals surface area contributed by atoms with Crippen molar-refractivity contribution in [3.63, 3.8) is 0 Å². The SMILES string of the molecule is CC(N)C(=O)Nc1cccc(-n2cnnc2)c1. The first kappa shape index (κ1) is 11.3. The van der Waals surface area contributed by atoms with Crippen molar-refractivity contribution >= 4 is 11.6 Å². The lowest BCUT2D eigenvalue weighted by Crippen LogP contribution is -2.32. The van der Waals surface area contributed by atoms with E-state index in [9.17, 15) is 4.79 Å². The minimum atomic E-state index is -0.534. The van der Waals surface area contributed by atoms with Crippen LogP contribution in [0.4, 0.5) is 5.69 Å². The third-order valence-corrected chi connectivity index (χ3v) is 2.24. The molecule has 0 aliphatic heterocycles. The number of rotatable bonds is 3. The second-order valence-electron chi connectivity index (χ2n) is 3.70. The molecule has 1 aromatic carbocycles. The average molecular weight is 231 g/mol. The number of aromatic nitrogens is 3. The number of hydrogen-bond acceptors (Lipinski definition) is 4. The first-order valence-corrected chi connectivity index (χ1v) is 5.18. The molecule has 0 aliphatic rings. The van der Waals surface area contributed by atoms with Gasteiger partial charge in [-0.05, 0) is 25.1 Å². The van der Waals surface area contributed by atoms with E-state index < -0.39 is 6.04 Å². The number of carbonyl (C=O) groups excluding carboxylic acids is 1. The Morgan fingerprint density at radius 3 is 2.76 bits per heavy atom. The van der Waals surface area contributed by atoms with Crippen LogP contribution in [0.2, 0.25) is 0 Å². The summed E-state index contributed by atoms with van der Waals surface area (Å²) in [7, 11) is 0. The standard InChI is InChI=1S/C11H13N5O/c1-8(12)11(17)15-9-3-2-4-10(5-9)16-6-13-14-7-16/h2-8H,12H2,1H3,(H,15,17). The highest BCUT2D eigenvalue weighted by molar-refractivity contribution is 5.94. The van der Waals surface area contributed by atoms with Crippen molar-refractivity contribution in [3.05, 3.63) is 36.9 Å². The van der Waals surface area contributed by atoms with Crippen molar-refractivity contribution in [2.45, 2.75) is 13.0 Å². The molecule has 6 nitrogen and oxygen atoms in total. The maximum Gasteiger partial charge on any atom is 0.240 e. The van der Waals surface area contributed by atoms with Crippen LogP contribution in [-0.4, -0.2) is 26.7 Å². The molecule has 3 N–H and O–H groups in total. The lowest BCUT2D eigenvalue weighted by molar-refractivity contribution is -0.117. The summed E-state index contributed by atoms with van der Waals surface area (Å²) in [6.45, 7) is 1.64. The molecule has 0 bridgehead atoms. The highest BCUT2D eigenvalue weighted by Gasteiger charge is 2.07. The summed E-state index contributed by atoms with van der Waals surface area (Å²) in [5, 5.41) is 10.2. The molecule has 88 valence electrons. The lowest BCUT2D eigenvalue weighted by Gasteiger charge is -2.09. The molecule has 2 aromatic rings. The Morgan fingerprint density at radius 2 is 2.12 bits per heavy atom. The zero-order valence-corrected chi connectivity index (χ0v) is 9.37. The molecule has 2 rings (SSSR count). The van der Waals surface area contributed by atoms with Gasteiger partial charge in [0.2, 0.25) is 5.91 Å². The fourth-order valence-electron chi connectivity index (χ4n) is 1.33. The molecule has 0 saturated heterocycles. The van der Waals surface area contributed by atoms with Gasteiger partial charge in [0.1, 0.15) is 12.7 Å². The zero-order chi connectivity index (χ0) is 12.3. The Kier molecular flexibility index (Phi) is 3.15. The topological polar surface area (TPSA) is 85.8 Å². The van der Waals surface area contributed by atoms with Gasteiger partial charge in [-0.25, -0.2) is 0 Å². The number of nitrogens with one attached hydrogen (secondary N) is 1. The van der Waals surface area contributed by atoms with Crippen LogP contribution in [0, 0.1) is 0 Å². The van der Waals surface area contributed by atoms with Gasteiger partial charge in [-0.15, -0.1) is 10.2 Å². The Balaban J connectivity index is 2.20. The van der Waals surface area contributed by atoms with Crippen molar-refractivity contribution in [3.8, 4) is 5.69 Å². The first-order valence-electron chi connectivity index (χ1n) is 5.18. The largest absolute Gasteiger partial charge is 0.325 e. The number of hydrogen-bond donors (Lipinski definition) is 2. The molecule has 1 atom stereocenters. The van der Waals surface area contributed by atoms with Crippen LogP contribution in [0.25, 0.3) is 5.69 Å². The number of nitrogens with zero attached hydrogens (tertiary/aromatic N) is 3. The molecular formula is C11H13N5O. The minimum absolute atomic E-state index is 0.217. The molecule has 17 heavy (non-hydrogen) atoms. The summed E-state index contributed by atoms with van der Waals surface area (Å²) >= 11 is 0. The van der Waals surface area contributed by atoms with Crippen LogP contribution >= 0.6 is 0 Å². The maximum atomic E-state index is 11.4. The molecule has 1 amide bonds. The third kappa shape index (κ3) is 2.67. The Bertz CT molecular complexity index is 506. The van der Waals surface area contributed by atoms with Crippen LogP contribution in [0.1, 0.15) is 6.92 Å². The monoisotopic (exact) mass is 231 g/mol. The Morgan fingerprint density at radius 1 is 1.41 bits per heavy atom. The molecule has 0 spiro atoms. The second-order valence-corrected chi connectivity index (χ2v) is 3.70. The molecule has 1 unspecified atom stereocenters. The van der Waals surface area contributed by atoms with Gasteiger partial charge in [0, 0.05) is 5.69 Å². The predicted molar refractivity (Wildman–Crippen MR) is 63.6 cm³/mol. The van der Waals surface area contributed by atoms with Gasteiger partial charge in [0.15, 0.2) is 0 Å². The van der Waals surface area contributed by atoms with Crippen LogP contribution in [0.3, 0.4) is 0 Å². The molecule has 0 saturated carbocycles. The van der Waals surface area contributed by atoms with Gasteiger partial charge in [0.05, 0.1) is 11.7 Å². The summed E-state index contributed by atoms with van der Waals surface area (Å²) < 4.78 is 1.75. The molecule has 6 heteroatoms. The molecular weight excluding hydrogens is 218 g/mol. The van der Waals surface area contributed by atoms with Crippen molar-refractivity contribution in [1.82, 2.24) is 14.8 Å². The molecule has 1 aromatic heterocycles. The van der Waals surface area contributed by atoms with E-state index >= 15 is 0 Å². The van der Waals surface area contributed by atoms with Crippen LogP contribution in [-0.2, 0) is 4.79 Å². The smallest absolute Gasteiger partial charge is 0.240 e.